The quantitative estimate of drug-likeness (QED) is 0.761. The summed E-state index contributed by atoms with van der Waals surface area (Å²) >= 11 is 0. The minimum absolute atomic E-state index is 0.423. The lowest BCUT2D eigenvalue weighted by Gasteiger charge is -2.27. The second-order valence-electron chi connectivity index (χ2n) is 4.94. The third kappa shape index (κ3) is 5.61. The Morgan fingerprint density at radius 2 is 2.00 bits per heavy atom. The van der Waals surface area contributed by atoms with E-state index in [1.807, 2.05) is 12.1 Å². The zero-order valence-electron chi connectivity index (χ0n) is 12.4. The number of amides is 1. The van der Waals surface area contributed by atoms with Crippen molar-refractivity contribution >= 4 is 6.09 Å². The van der Waals surface area contributed by atoms with Gasteiger partial charge in [-0.2, -0.15) is 0 Å². The SMILES string of the molecule is COC(=O)NCCOc1ccc(CN2CCNCC2)cc1. The molecule has 0 atom stereocenters. The number of piperazine rings is 1. The molecule has 0 bridgehead atoms. The van der Waals surface area contributed by atoms with E-state index in [0.717, 1.165) is 38.5 Å². The summed E-state index contributed by atoms with van der Waals surface area (Å²) in [6, 6.07) is 8.11. The maximum atomic E-state index is 10.9. The molecule has 1 aromatic carbocycles. The summed E-state index contributed by atoms with van der Waals surface area (Å²) < 4.78 is 10.0. The first-order valence-corrected chi connectivity index (χ1v) is 7.24. The van der Waals surface area contributed by atoms with Crippen LogP contribution < -0.4 is 15.4 Å². The molecule has 1 heterocycles. The van der Waals surface area contributed by atoms with Crippen LogP contribution in [0.5, 0.6) is 5.75 Å². The Kier molecular flexibility index (Phi) is 6.30. The average molecular weight is 293 g/mol. The highest BCUT2D eigenvalue weighted by atomic mass is 16.5. The van der Waals surface area contributed by atoms with Crippen molar-refractivity contribution in [1.82, 2.24) is 15.5 Å². The molecule has 2 N–H and O–H groups in total. The van der Waals surface area contributed by atoms with Crippen molar-refractivity contribution in [2.24, 2.45) is 0 Å². The van der Waals surface area contributed by atoms with Gasteiger partial charge in [-0.3, -0.25) is 4.90 Å². The molecule has 116 valence electrons. The van der Waals surface area contributed by atoms with Crippen molar-refractivity contribution in [3.8, 4) is 5.75 Å². The third-order valence-corrected chi connectivity index (χ3v) is 3.36. The van der Waals surface area contributed by atoms with Crippen molar-refractivity contribution in [2.75, 3.05) is 46.4 Å². The second kappa shape index (κ2) is 8.49. The lowest BCUT2D eigenvalue weighted by Crippen LogP contribution is -2.42. The average Bonchev–Trinajstić information content (AvgIpc) is 2.54. The van der Waals surface area contributed by atoms with Crippen LogP contribution in [0.4, 0.5) is 4.79 Å². The summed E-state index contributed by atoms with van der Waals surface area (Å²) in [6.07, 6.45) is -0.440. The van der Waals surface area contributed by atoms with Gasteiger partial charge in [-0.25, -0.2) is 4.79 Å². The van der Waals surface area contributed by atoms with Crippen LogP contribution in [0.15, 0.2) is 24.3 Å². The van der Waals surface area contributed by atoms with Crippen molar-refractivity contribution < 1.29 is 14.3 Å². The number of methoxy groups -OCH3 is 1. The number of alkyl carbamates (subject to hydrolysis) is 1. The van der Waals surface area contributed by atoms with E-state index in [4.69, 9.17) is 4.74 Å². The number of hydrogen-bond donors (Lipinski definition) is 2. The number of nitrogens with zero attached hydrogens (tertiary/aromatic N) is 1. The van der Waals surface area contributed by atoms with E-state index in [-0.39, 0.29) is 0 Å². The third-order valence-electron chi connectivity index (χ3n) is 3.36. The van der Waals surface area contributed by atoms with Gasteiger partial charge in [-0.05, 0) is 17.7 Å². The number of carbonyl (C=O) groups excluding carboxylic acids is 1. The molecule has 1 aromatic rings. The maximum Gasteiger partial charge on any atom is 0.406 e. The number of ether oxygens (including phenoxy) is 2. The first-order valence-electron chi connectivity index (χ1n) is 7.24. The van der Waals surface area contributed by atoms with Gasteiger partial charge in [0.1, 0.15) is 12.4 Å². The smallest absolute Gasteiger partial charge is 0.406 e. The topological polar surface area (TPSA) is 62.8 Å². The van der Waals surface area contributed by atoms with Gasteiger partial charge in [-0.1, -0.05) is 12.1 Å². The van der Waals surface area contributed by atoms with Crippen LogP contribution in [0.1, 0.15) is 5.56 Å². The summed E-state index contributed by atoms with van der Waals surface area (Å²) in [5.74, 6) is 0.811. The highest BCUT2D eigenvalue weighted by Gasteiger charge is 2.09. The number of hydrogen-bond acceptors (Lipinski definition) is 5. The van der Waals surface area contributed by atoms with E-state index in [1.165, 1.54) is 12.7 Å². The van der Waals surface area contributed by atoms with Gasteiger partial charge in [0.05, 0.1) is 13.7 Å². The predicted octanol–water partition coefficient (Wildman–Crippen LogP) is 0.827. The predicted molar refractivity (Wildman–Crippen MR) is 80.5 cm³/mol. The highest BCUT2D eigenvalue weighted by molar-refractivity contribution is 5.66. The monoisotopic (exact) mass is 293 g/mol. The fourth-order valence-corrected chi connectivity index (χ4v) is 2.21. The molecule has 0 aliphatic carbocycles. The largest absolute Gasteiger partial charge is 0.492 e. The lowest BCUT2D eigenvalue weighted by atomic mass is 10.2. The molecular weight excluding hydrogens is 270 g/mol. The van der Waals surface area contributed by atoms with Gasteiger partial charge in [-0.15, -0.1) is 0 Å². The van der Waals surface area contributed by atoms with Gasteiger partial charge in [0, 0.05) is 32.7 Å². The van der Waals surface area contributed by atoms with Crippen LogP contribution in [0, 0.1) is 0 Å². The molecule has 6 heteroatoms. The highest BCUT2D eigenvalue weighted by Crippen LogP contribution is 2.13. The van der Waals surface area contributed by atoms with E-state index in [1.54, 1.807) is 0 Å². The van der Waals surface area contributed by atoms with Crippen molar-refractivity contribution in [1.29, 1.82) is 0 Å². The molecule has 0 saturated carbocycles. The van der Waals surface area contributed by atoms with Gasteiger partial charge < -0.3 is 20.1 Å². The van der Waals surface area contributed by atoms with Crippen LogP contribution in [0.3, 0.4) is 0 Å². The lowest BCUT2D eigenvalue weighted by molar-refractivity contribution is 0.168. The summed E-state index contributed by atoms with van der Waals surface area (Å²) in [5.41, 5.74) is 1.29. The van der Waals surface area contributed by atoms with Crippen LogP contribution in [-0.4, -0.2) is 57.4 Å². The molecule has 2 rings (SSSR count). The number of benzene rings is 1. The van der Waals surface area contributed by atoms with E-state index in [2.05, 4.69) is 32.4 Å². The molecule has 0 unspecified atom stereocenters. The Hall–Kier alpha value is -1.79. The second-order valence-corrected chi connectivity index (χ2v) is 4.94. The zero-order valence-corrected chi connectivity index (χ0v) is 12.4. The van der Waals surface area contributed by atoms with Crippen LogP contribution >= 0.6 is 0 Å². The Balaban J connectivity index is 1.70. The first-order chi connectivity index (χ1) is 10.3. The normalized spacial score (nSPS) is 15.5. The standard InChI is InChI=1S/C15H23N3O3/c1-20-15(19)17-8-11-21-14-4-2-13(3-5-14)12-18-9-6-16-7-10-18/h2-5,16H,6-12H2,1H3,(H,17,19). The maximum absolute atomic E-state index is 10.9. The first kappa shape index (κ1) is 15.6. The van der Waals surface area contributed by atoms with E-state index in [9.17, 15) is 4.79 Å². The molecule has 0 spiro atoms. The summed E-state index contributed by atoms with van der Waals surface area (Å²) in [6.45, 7) is 6.14. The van der Waals surface area contributed by atoms with Crippen molar-refractivity contribution in [3.63, 3.8) is 0 Å². The number of rotatable bonds is 6. The molecule has 1 saturated heterocycles. The summed E-state index contributed by atoms with van der Waals surface area (Å²) in [7, 11) is 1.34. The van der Waals surface area contributed by atoms with Crippen LogP contribution in [0.25, 0.3) is 0 Å². The molecule has 0 radical (unpaired) electrons. The molecule has 1 aliphatic rings. The fraction of sp³-hybridized carbons (Fsp3) is 0.533. The molecular formula is C15H23N3O3. The van der Waals surface area contributed by atoms with Gasteiger partial charge in [0.2, 0.25) is 0 Å². The van der Waals surface area contributed by atoms with Crippen molar-refractivity contribution in [3.05, 3.63) is 29.8 Å². The minimum Gasteiger partial charge on any atom is -0.492 e. The molecule has 1 fully saturated rings. The Bertz CT molecular complexity index is 430. The molecule has 6 nitrogen and oxygen atoms in total. The Morgan fingerprint density at radius 3 is 2.67 bits per heavy atom. The Morgan fingerprint density at radius 1 is 1.29 bits per heavy atom. The summed E-state index contributed by atoms with van der Waals surface area (Å²) in [5, 5.41) is 5.92. The van der Waals surface area contributed by atoms with Crippen molar-refractivity contribution in [2.45, 2.75) is 6.54 Å². The van der Waals surface area contributed by atoms with E-state index in [0.29, 0.717) is 13.2 Å². The van der Waals surface area contributed by atoms with E-state index >= 15 is 0 Å². The van der Waals surface area contributed by atoms with E-state index < -0.39 is 6.09 Å². The Labute approximate surface area is 125 Å². The molecule has 21 heavy (non-hydrogen) atoms. The number of nitrogens with one attached hydrogen (secondary N) is 2. The van der Waals surface area contributed by atoms with Gasteiger partial charge in [0.15, 0.2) is 0 Å². The van der Waals surface area contributed by atoms with Crippen LogP contribution in [-0.2, 0) is 11.3 Å². The van der Waals surface area contributed by atoms with Crippen LogP contribution in [0.2, 0.25) is 0 Å². The fourth-order valence-electron chi connectivity index (χ4n) is 2.21. The molecule has 1 amide bonds. The minimum atomic E-state index is -0.440. The van der Waals surface area contributed by atoms with Gasteiger partial charge in [0.25, 0.3) is 0 Å². The zero-order chi connectivity index (χ0) is 14.9. The number of carbonyl (C=O) groups is 1. The molecule has 1 aliphatic heterocycles. The van der Waals surface area contributed by atoms with Gasteiger partial charge >= 0.3 is 6.09 Å². The molecule has 0 aromatic heterocycles. The summed E-state index contributed by atoms with van der Waals surface area (Å²) in [4.78, 5) is 13.3.